The first-order valence-electron chi connectivity index (χ1n) is 7.28. The molecular weight excluding hydrogens is 276 g/mol. The normalized spacial score (nSPS) is 13.2. The zero-order valence-electron chi connectivity index (χ0n) is 12.5. The second-order valence-electron chi connectivity index (χ2n) is 5.33. The summed E-state index contributed by atoms with van der Waals surface area (Å²) in [5, 5.41) is 2.75. The van der Waals surface area contributed by atoms with Gasteiger partial charge in [-0.1, -0.05) is 55.5 Å². The number of ketones is 1. The van der Waals surface area contributed by atoms with Crippen LogP contribution < -0.4 is 11.1 Å². The molecule has 0 aliphatic carbocycles. The number of Topliss-reactive ketones (excluding diaryl/α,β-unsaturated/α-hetero) is 1. The molecule has 0 aromatic heterocycles. The molecule has 0 radical (unpaired) electrons. The van der Waals surface area contributed by atoms with Gasteiger partial charge in [0.2, 0.25) is 5.91 Å². The Kier molecular flexibility index (Phi) is 5.44. The Labute approximate surface area is 130 Å². The van der Waals surface area contributed by atoms with Crippen molar-refractivity contribution in [2.45, 2.75) is 19.4 Å². The highest BCUT2D eigenvalue weighted by Gasteiger charge is 2.22. The van der Waals surface area contributed by atoms with Gasteiger partial charge in [0.25, 0.3) is 0 Å². The van der Waals surface area contributed by atoms with E-state index in [1.165, 1.54) is 0 Å². The minimum absolute atomic E-state index is 0.00330. The number of para-hydroxylation sites is 1. The van der Waals surface area contributed by atoms with Gasteiger partial charge < -0.3 is 11.1 Å². The fourth-order valence-electron chi connectivity index (χ4n) is 2.24. The molecule has 0 fully saturated rings. The molecule has 0 bridgehead atoms. The SMILES string of the molecule is CC(CC(N)C(=O)Nc1ccccc1)C(=O)c1ccccc1. The van der Waals surface area contributed by atoms with E-state index in [4.69, 9.17) is 5.73 Å². The maximum atomic E-state index is 12.3. The molecule has 2 atom stereocenters. The molecule has 3 N–H and O–H groups in total. The highest BCUT2D eigenvalue weighted by Crippen LogP contribution is 2.14. The molecule has 4 nitrogen and oxygen atoms in total. The van der Waals surface area contributed by atoms with E-state index in [-0.39, 0.29) is 17.6 Å². The van der Waals surface area contributed by atoms with Crippen LogP contribution in [0, 0.1) is 5.92 Å². The molecule has 22 heavy (non-hydrogen) atoms. The van der Waals surface area contributed by atoms with E-state index < -0.39 is 6.04 Å². The van der Waals surface area contributed by atoms with Gasteiger partial charge in [-0.2, -0.15) is 0 Å². The molecule has 1 amide bonds. The van der Waals surface area contributed by atoms with Gasteiger partial charge in [0.1, 0.15) is 0 Å². The lowest BCUT2D eigenvalue weighted by Crippen LogP contribution is -2.38. The summed E-state index contributed by atoms with van der Waals surface area (Å²) in [6.45, 7) is 1.80. The van der Waals surface area contributed by atoms with E-state index in [0.717, 1.165) is 0 Å². The molecule has 0 aliphatic heterocycles. The number of anilines is 1. The zero-order chi connectivity index (χ0) is 15.9. The standard InChI is InChI=1S/C18H20N2O2/c1-13(17(21)14-8-4-2-5-9-14)12-16(19)18(22)20-15-10-6-3-7-11-15/h2-11,13,16H,12,19H2,1H3,(H,20,22). The van der Waals surface area contributed by atoms with Crippen LogP contribution in [0.25, 0.3) is 0 Å². The third-order valence-electron chi connectivity index (χ3n) is 3.49. The molecule has 2 aromatic carbocycles. The largest absolute Gasteiger partial charge is 0.325 e. The number of nitrogens with one attached hydrogen (secondary N) is 1. The Morgan fingerprint density at radius 1 is 1.00 bits per heavy atom. The van der Waals surface area contributed by atoms with Crippen molar-refractivity contribution >= 4 is 17.4 Å². The van der Waals surface area contributed by atoms with Gasteiger partial charge in [-0.25, -0.2) is 0 Å². The quantitative estimate of drug-likeness (QED) is 0.805. The minimum atomic E-state index is -0.720. The molecule has 0 heterocycles. The van der Waals surface area contributed by atoms with Gasteiger partial charge in [-0.3, -0.25) is 9.59 Å². The summed E-state index contributed by atoms with van der Waals surface area (Å²) in [5.41, 5.74) is 7.26. The van der Waals surface area contributed by atoms with Crippen LogP contribution in [0.5, 0.6) is 0 Å². The summed E-state index contributed by atoms with van der Waals surface area (Å²) in [5.74, 6) is -0.582. The number of carbonyl (C=O) groups excluding carboxylic acids is 2. The Morgan fingerprint density at radius 2 is 1.55 bits per heavy atom. The molecule has 0 saturated carbocycles. The van der Waals surface area contributed by atoms with Gasteiger partial charge in [-0.15, -0.1) is 0 Å². The van der Waals surface area contributed by atoms with Crippen LogP contribution in [0.15, 0.2) is 60.7 Å². The van der Waals surface area contributed by atoms with Gasteiger partial charge in [0.05, 0.1) is 6.04 Å². The second kappa shape index (κ2) is 7.52. The summed E-state index contributed by atoms with van der Waals surface area (Å²) in [6, 6.07) is 17.5. The monoisotopic (exact) mass is 296 g/mol. The molecule has 2 rings (SSSR count). The average molecular weight is 296 g/mol. The lowest BCUT2D eigenvalue weighted by molar-refractivity contribution is -0.117. The number of benzene rings is 2. The Balaban J connectivity index is 1.92. The van der Waals surface area contributed by atoms with Crippen LogP contribution in [-0.2, 0) is 4.79 Å². The zero-order valence-corrected chi connectivity index (χ0v) is 12.5. The average Bonchev–Trinajstić information content (AvgIpc) is 2.55. The minimum Gasteiger partial charge on any atom is -0.325 e. The Bertz CT molecular complexity index is 626. The van der Waals surface area contributed by atoms with Gasteiger partial charge in [-0.05, 0) is 18.6 Å². The van der Waals surface area contributed by atoms with Gasteiger partial charge >= 0.3 is 0 Å². The van der Waals surface area contributed by atoms with E-state index in [1.807, 2.05) is 36.4 Å². The van der Waals surface area contributed by atoms with E-state index in [9.17, 15) is 9.59 Å². The van der Waals surface area contributed by atoms with Crippen LogP contribution >= 0.6 is 0 Å². The predicted octanol–water partition coefficient (Wildman–Crippen LogP) is 2.86. The molecular formula is C18H20N2O2. The van der Waals surface area contributed by atoms with Crippen molar-refractivity contribution in [1.82, 2.24) is 0 Å². The maximum absolute atomic E-state index is 12.3. The van der Waals surface area contributed by atoms with E-state index >= 15 is 0 Å². The highest BCUT2D eigenvalue weighted by atomic mass is 16.2. The van der Waals surface area contributed by atoms with Crippen LogP contribution in [0.1, 0.15) is 23.7 Å². The third kappa shape index (κ3) is 4.27. The fourth-order valence-corrected chi connectivity index (χ4v) is 2.24. The van der Waals surface area contributed by atoms with E-state index in [2.05, 4.69) is 5.32 Å². The van der Waals surface area contributed by atoms with Gasteiger partial charge in [0, 0.05) is 17.2 Å². The van der Waals surface area contributed by atoms with Crippen molar-refractivity contribution in [3.8, 4) is 0 Å². The van der Waals surface area contributed by atoms with Crippen LogP contribution in [0.3, 0.4) is 0 Å². The molecule has 4 heteroatoms. The first kappa shape index (κ1) is 15.9. The second-order valence-corrected chi connectivity index (χ2v) is 5.33. The number of amides is 1. The smallest absolute Gasteiger partial charge is 0.241 e. The van der Waals surface area contributed by atoms with Crippen molar-refractivity contribution in [3.63, 3.8) is 0 Å². The molecule has 0 spiro atoms. The van der Waals surface area contributed by atoms with E-state index in [0.29, 0.717) is 17.7 Å². The van der Waals surface area contributed by atoms with Crippen LogP contribution in [0.4, 0.5) is 5.69 Å². The summed E-state index contributed by atoms with van der Waals surface area (Å²) < 4.78 is 0. The van der Waals surface area contributed by atoms with Crippen LogP contribution in [-0.4, -0.2) is 17.7 Å². The van der Waals surface area contributed by atoms with Crippen molar-refractivity contribution in [2.24, 2.45) is 11.7 Å². The first-order valence-corrected chi connectivity index (χ1v) is 7.28. The maximum Gasteiger partial charge on any atom is 0.241 e. The lowest BCUT2D eigenvalue weighted by atomic mass is 9.93. The Morgan fingerprint density at radius 3 is 2.14 bits per heavy atom. The topological polar surface area (TPSA) is 72.2 Å². The highest BCUT2D eigenvalue weighted by molar-refractivity contribution is 5.99. The van der Waals surface area contributed by atoms with Crippen molar-refractivity contribution in [2.75, 3.05) is 5.32 Å². The molecule has 114 valence electrons. The van der Waals surface area contributed by atoms with Crippen molar-refractivity contribution in [3.05, 3.63) is 66.2 Å². The number of hydrogen-bond donors (Lipinski definition) is 2. The lowest BCUT2D eigenvalue weighted by Gasteiger charge is -2.16. The molecule has 0 aliphatic rings. The van der Waals surface area contributed by atoms with Crippen molar-refractivity contribution in [1.29, 1.82) is 0 Å². The number of carbonyl (C=O) groups is 2. The predicted molar refractivity (Wildman–Crippen MR) is 87.6 cm³/mol. The number of nitrogens with two attached hydrogens (primary N) is 1. The fraction of sp³-hybridized carbons (Fsp3) is 0.222. The summed E-state index contributed by atoms with van der Waals surface area (Å²) >= 11 is 0. The third-order valence-corrected chi connectivity index (χ3v) is 3.49. The number of hydrogen-bond acceptors (Lipinski definition) is 3. The molecule has 2 aromatic rings. The Hall–Kier alpha value is -2.46. The number of rotatable bonds is 6. The van der Waals surface area contributed by atoms with E-state index in [1.54, 1.807) is 31.2 Å². The summed E-state index contributed by atoms with van der Waals surface area (Å²) in [7, 11) is 0. The van der Waals surface area contributed by atoms with Gasteiger partial charge in [0.15, 0.2) is 5.78 Å². The first-order chi connectivity index (χ1) is 10.6. The molecule has 2 unspecified atom stereocenters. The van der Waals surface area contributed by atoms with Crippen molar-refractivity contribution < 1.29 is 9.59 Å². The summed E-state index contributed by atoms with van der Waals surface area (Å²) in [4.78, 5) is 24.3. The van der Waals surface area contributed by atoms with Crippen LogP contribution in [0.2, 0.25) is 0 Å². The molecule has 0 saturated heterocycles. The summed E-state index contributed by atoms with van der Waals surface area (Å²) in [6.07, 6.45) is 0.312.